The Labute approximate surface area is 227 Å². The van der Waals surface area contributed by atoms with E-state index in [4.69, 9.17) is 0 Å². The molecule has 0 N–H and O–H groups in total. The summed E-state index contributed by atoms with van der Waals surface area (Å²) in [6.45, 7) is 12.4. The molecule has 0 saturated heterocycles. The van der Waals surface area contributed by atoms with E-state index >= 15 is 0 Å². The maximum Gasteiger partial charge on any atom is 0.0725 e. The van der Waals surface area contributed by atoms with E-state index in [1.54, 1.807) is 0 Å². The third-order valence-electron chi connectivity index (χ3n) is 11.1. The Kier molecular flexibility index (Phi) is 3.60. The van der Waals surface area contributed by atoms with Gasteiger partial charge in [-0.2, -0.15) is 0 Å². The van der Waals surface area contributed by atoms with Crippen LogP contribution >= 0.6 is 0 Å². The van der Waals surface area contributed by atoms with Crippen molar-refractivity contribution in [1.29, 1.82) is 0 Å². The fraction of sp³-hybridized carbons (Fsp3) is 0.222. The molecule has 0 atom stereocenters. The smallest absolute Gasteiger partial charge is 0.0725 e. The monoisotopic (exact) mass is 503 g/mol. The summed E-state index contributed by atoms with van der Waals surface area (Å²) >= 11 is 0. The van der Waals surface area contributed by atoms with Crippen LogP contribution in [0.5, 0.6) is 0 Å². The van der Waals surface area contributed by atoms with Crippen molar-refractivity contribution >= 4 is 38.1 Å². The highest BCUT2D eigenvalue weighted by Crippen LogP contribution is 2.69. The van der Waals surface area contributed by atoms with Crippen molar-refractivity contribution < 1.29 is 0 Å². The molecule has 0 bridgehead atoms. The molecule has 0 unspecified atom stereocenters. The van der Waals surface area contributed by atoms with Crippen molar-refractivity contribution in [3.05, 3.63) is 102 Å². The van der Waals surface area contributed by atoms with Gasteiger partial charge in [-0.05, 0) is 51.1 Å². The Hall–Kier alpha value is -4.24. The van der Waals surface area contributed by atoms with Gasteiger partial charge in [-0.25, -0.2) is 0 Å². The van der Waals surface area contributed by atoms with Crippen molar-refractivity contribution in [3.63, 3.8) is 0 Å². The molecule has 2 aliphatic carbocycles. The number of benzene rings is 3. The lowest BCUT2D eigenvalue weighted by Gasteiger charge is -2.61. The van der Waals surface area contributed by atoms with Crippen LogP contribution in [-0.2, 0) is 16.2 Å². The van der Waals surface area contributed by atoms with Gasteiger partial charge in [0, 0.05) is 50.2 Å². The summed E-state index contributed by atoms with van der Waals surface area (Å²) in [6, 6.07) is 22.8. The maximum absolute atomic E-state index is 4.59. The molecule has 39 heavy (non-hydrogen) atoms. The predicted molar refractivity (Wildman–Crippen MR) is 161 cm³/mol. The molecule has 0 radical (unpaired) electrons. The van der Waals surface area contributed by atoms with Crippen molar-refractivity contribution in [1.82, 2.24) is 14.4 Å². The Morgan fingerprint density at radius 3 is 1.54 bits per heavy atom. The van der Waals surface area contributed by atoms with Gasteiger partial charge < -0.3 is 4.40 Å². The number of rotatable bonds is 0. The van der Waals surface area contributed by atoms with Gasteiger partial charge in [0.25, 0.3) is 0 Å². The fourth-order valence-corrected chi connectivity index (χ4v) is 8.88. The van der Waals surface area contributed by atoms with Gasteiger partial charge in [0.05, 0.1) is 28.9 Å². The first kappa shape index (κ1) is 21.7. The van der Waals surface area contributed by atoms with Crippen molar-refractivity contribution in [2.75, 3.05) is 0 Å². The lowest BCUT2D eigenvalue weighted by atomic mass is 9.41. The normalized spacial score (nSPS) is 18.0. The number of nitrogens with zero attached hydrogens (tertiary/aromatic N) is 3. The Balaban J connectivity index is 1.72. The average Bonchev–Trinajstić information content (AvgIpc) is 3.47. The second kappa shape index (κ2) is 6.48. The topological polar surface area (TPSA) is 30.2 Å². The molecular formula is C36H29N3. The van der Waals surface area contributed by atoms with Gasteiger partial charge in [0.15, 0.2) is 0 Å². The third kappa shape index (κ3) is 2.09. The highest BCUT2D eigenvalue weighted by atomic mass is 14.9. The molecule has 0 saturated carbocycles. The highest BCUT2D eigenvalue weighted by Gasteiger charge is 2.61. The maximum atomic E-state index is 4.59. The minimum atomic E-state index is -0.171. The van der Waals surface area contributed by atoms with E-state index in [0.29, 0.717) is 0 Å². The SMILES string of the molecule is CC1(C)c2ccccc2-c2c3c(c4c5ccncc5n5c6cnccc6c2c45)-c2ccccc2C(C)(C)C31C. The summed E-state index contributed by atoms with van der Waals surface area (Å²) in [5.41, 5.74) is 13.1. The molecule has 3 aromatic carbocycles. The van der Waals surface area contributed by atoms with Crippen LogP contribution in [-0.4, -0.2) is 14.4 Å². The second-order valence-electron chi connectivity index (χ2n) is 12.8. The number of aromatic nitrogens is 3. The molecule has 188 valence electrons. The first-order valence-corrected chi connectivity index (χ1v) is 13.9. The summed E-state index contributed by atoms with van der Waals surface area (Å²) in [7, 11) is 0. The summed E-state index contributed by atoms with van der Waals surface area (Å²) in [5.74, 6) is 0. The molecule has 0 spiro atoms. The predicted octanol–water partition coefficient (Wildman–Crippen LogP) is 8.80. The van der Waals surface area contributed by atoms with Crippen molar-refractivity contribution in [3.8, 4) is 22.3 Å². The second-order valence-corrected chi connectivity index (χ2v) is 12.8. The summed E-state index contributed by atoms with van der Waals surface area (Å²) in [4.78, 5) is 9.19. The lowest BCUT2D eigenvalue weighted by molar-refractivity contribution is 0.158. The average molecular weight is 504 g/mol. The molecule has 3 nitrogen and oxygen atoms in total. The van der Waals surface area contributed by atoms with Crippen LogP contribution in [0.1, 0.15) is 51.3 Å². The van der Waals surface area contributed by atoms with Crippen LogP contribution in [0, 0.1) is 0 Å². The van der Waals surface area contributed by atoms with E-state index in [1.165, 1.54) is 66.0 Å². The zero-order valence-corrected chi connectivity index (χ0v) is 22.9. The molecule has 0 fully saturated rings. The van der Waals surface area contributed by atoms with E-state index in [1.807, 2.05) is 24.8 Å². The van der Waals surface area contributed by atoms with Crippen LogP contribution < -0.4 is 0 Å². The van der Waals surface area contributed by atoms with Gasteiger partial charge in [-0.3, -0.25) is 9.97 Å². The Morgan fingerprint density at radius 2 is 1.05 bits per heavy atom. The molecule has 9 rings (SSSR count). The molecule has 0 aliphatic heterocycles. The number of pyridine rings is 2. The van der Waals surface area contributed by atoms with Crippen LogP contribution in [0.15, 0.2) is 85.5 Å². The molecule has 3 heteroatoms. The molecule has 0 amide bonds. The minimum absolute atomic E-state index is 0.109. The van der Waals surface area contributed by atoms with Gasteiger partial charge in [-0.1, -0.05) is 83.1 Å². The van der Waals surface area contributed by atoms with E-state index in [0.717, 1.165) is 11.0 Å². The van der Waals surface area contributed by atoms with Crippen molar-refractivity contribution in [2.24, 2.45) is 0 Å². The molecule has 4 heterocycles. The first-order valence-electron chi connectivity index (χ1n) is 13.9. The molecular weight excluding hydrogens is 474 g/mol. The number of fused-ring (bicyclic) bond motifs is 12. The molecule has 4 aromatic heterocycles. The minimum Gasteiger partial charge on any atom is -0.305 e. The van der Waals surface area contributed by atoms with Crippen LogP contribution in [0.2, 0.25) is 0 Å². The van der Waals surface area contributed by atoms with Crippen LogP contribution in [0.3, 0.4) is 0 Å². The largest absolute Gasteiger partial charge is 0.305 e. The highest BCUT2D eigenvalue weighted by molar-refractivity contribution is 6.32. The van der Waals surface area contributed by atoms with Crippen LogP contribution in [0.4, 0.5) is 0 Å². The quantitative estimate of drug-likeness (QED) is 0.207. The third-order valence-corrected chi connectivity index (χ3v) is 11.1. The fourth-order valence-electron chi connectivity index (χ4n) is 8.88. The summed E-state index contributed by atoms with van der Waals surface area (Å²) < 4.78 is 2.42. The Bertz CT molecular complexity index is 2050. The van der Waals surface area contributed by atoms with E-state index in [9.17, 15) is 0 Å². The van der Waals surface area contributed by atoms with E-state index in [-0.39, 0.29) is 16.2 Å². The summed E-state index contributed by atoms with van der Waals surface area (Å²) in [6.07, 6.45) is 7.95. The number of hydrogen-bond acceptors (Lipinski definition) is 2. The van der Waals surface area contributed by atoms with Gasteiger partial charge in [0.2, 0.25) is 0 Å². The standard InChI is InChI=1S/C36H29N3/c1-34(2)24-12-8-6-10-20(24)28-30-22-14-16-37-18-26(22)39-27-19-38-17-15-23(27)31(33(30)39)29-21-11-7-9-13-25(21)35(3,4)36(34,5)32(28)29/h6-19H,1-5H3. The van der Waals surface area contributed by atoms with E-state index in [2.05, 4.69) is 110 Å². The molecule has 7 aromatic rings. The summed E-state index contributed by atoms with van der Waals surface area (Å²) in [5, 5.41) is 5.23. The van der Waals surface area contributed by atoms with Gasteiger partial charge in [0.1, 0.15) is 0 Å². The Morgan fingerprint density at radius 1 is 0.590 bits per heavy atom. The zero-order chi connectivity index (χ0) is 26.5. The van der Waals surface area contributed by atoms with Crippen LogP contribution in [0.25, 0.3) is 60.3 Å². The zero-order valence-electron chi connectivity index (χ0n) is 22.9. The first-order chi connectivity index (χ1) is 18.8. The molecule has 2 aliphatic rings. The number of hydrogen-bond donors (Lipinski definition) is 0. The van der Waals surface area contributed by atoms with Crippen molar-refractivity contribution in [2.45, 2.75) is 50.9 Å². The van der Waals surface area contributed by atoms with Gasteiger partial charge in [-0.15, -0.1) is 0 Å². The van der Waals surface area contributed by atoms with E-state index < -0.39 is 0 Å². The lowest BCUT2D eigenvalue weighted by Crippen LogP contribution is -2.58. The van der Waals surface area contributed by atoms with Gasteiger partial charge >= 0.3 is 0 Å².